The molecule has 0 saturated carbocycles. The smallest absolute Gasteiger partial charge is 0.305 e. The minimum Gasteiger partial charge on any atom is -0.466 e. The number of ether oxygens (including phenoxy) is 1. The molecule has 488 valence electrons. The summed E-state index contributed by atoms with van der Waals surface area (Å²) in [6.07, 6.45) is 90.2. The Morgan fingerprint density at radius 2 is 0.561 bits per heavy atom. The van der Waals surface area contributed by atoms with Crippen LogP contribution in [0.25, 0.3) is 0 Å². The second-order valence-corrected chi connectivity index (χ2v) is 26.4. The number of aliphatic hydroxyl groups is 2. The van der Waals surface area contributed by atoms with Crippen molar-refractivity contribution in [1.82, 2.24) is 5.32 Å². The van der Waals surface area contributed by atoms with E-state index >= 15 is 0 Å². The van der Waals surface area contributed by atoms with Crippen LogP contribution >= 0.6 is 0 Å². The monoisotopic (exact) mass is 1160 g/mol. The third-order valence-electron chi connectivity index (χ3n) is 18.1. The Balaban J connectivity index is 3.37. The van der Waals surface area contributed by atoms with Crippen LogP contribution in [0.1, 0.15) is 438 Å². The second-order valence-electron chi connectivity index (χ2n) is 26.4. The van der Waals surface area contributed by atoms with Gasteiger partial charge in [-0.1, -0.05) is 405 Å². The number of aliphatic hydroxyl groups excluding tert-OH is 2. The molecule has 2 atom stereocenters. The lowest BCUT2D eigenvalue weighted by Gasteiger charge is -2.20. The minimum absolute atomic E-state index is 0.0213. The van der Waals surface area contributed by atoms with E-state index in [4.69, 9.17) is 4.74 Å². The SMILES string of the molecule is CCCCCCCCCCCCCCCCCCCCCCC/C=C/C(O)C(CO)NC(=O)CCCCCCCCCCCCCCCCCCCCCCCCCCCOC(=O)CCCCCCCCCCCCCCCCCCC. The van der Waals surface area contributed by atoms with Crippen molar-refractivity contribution < 1.29 is 24.5 Å². The molecule has 0 bridgehead atoms. The molecule has 0 rings (SSSR count). The molecule has 1 amide bonds. The first-order valence-corrected chi connectivity index (χ1v) is 38.0. The van der Waals surface area contributed by atoms with E-state index in [2.05, 4.69) is 19.2 Å². The van der Waals surface area contributed by atoms with E-state index in [0.717, 1.165) is 38.5 Å². The maximum Gasteiger partial charge on any atom is 0.305 e. The average molecular weight is 1160 g/mol. The summed E-state index contributed by atoms with van der Waals surface area (Å²) in [4.78, 5) is 24.7. The number of amides is 1. The Bertz CT molecular complexity index is 1240. The van der Waals surface area contributed by atoms with Crippen molar-refractivity contribution in [3.63, 3.8) is 0 Å². The van der Waals surface area contributed by atoms with Gasteiger partial charge in [-0.25, -0.2) is 0 Å². The number of hydrogen-bond acceptors (Lipinski definition) is 5. The highest BCUT2D eigenvalue weighted by molar-refractivity contribution is 5.76. The molecule has 2 unspecified atom stereocenters. The van der Waals surface area contributed by atoms with Crippen molar-refractivity contribution in [2.45, 2.75) is 450 Å². The van der Waals surface area contributed by atoms with E-state index in [1.54, 1.807) is 6.08 Å². The zero-order valence-electron chi connectivity index (χ0n) is 56.0. The van der Waals surface area contributed by atoms with Crippen LogP contribution in [0.4, 0.5) is 0 Å². The Kier molecular flexibility index (Phi) is 70.8. The third kappa shape index (κ3) is 67.7. The van der Waals surface area contributed by atoms with Crippen molar-refractivity contribution in [3.05, 3.63) is 12.2 Å². The summed E-state index contributed by atoms with van der Waals surface area (Å²) in [5.41, 5.74) is 0. The topological polar surface area (TPSA) is 95.9 Å². The van der Waals surface area contributed by atoms with Gasteiger partial charge in [0.25, 0.3) is 0 Å². The lowest BCUT2D eigenvalue weighted by molar-refractivity contribution is -0.143. The highest BCUT2D eigenvalue weighted by atomic mass is 16.5. The van der Waals surface area contributed by atoms with E-state index in [1.807, 2.05) is 6.08 Å². The van der Waals surface area contributed by atoms with Crippen LogP contribution in [-0.2, 0) is 14.3 Å². The maximum atomic E-state index is 12.5. The Hall–Kier alpha value is -1.40. The van der Waals surface area contributed by atoms with E-state index in [9.17, 15) is 19.8 Å². The standard InChI is InChI=1S/C76H149NO5/c1-3-5-7-9-11-13-15-17-19-21-22-23-27-30-33-37-40-44-48-52-56-60-64-68-74(79)73(72-78)77-75(80)69-65-61-57-53-49-45-41-38-34-31-28-25-24-26-29-32-35-39-43-47-51-55-59-63-67-71-82-76(81)70-66-62-58-54-50-46-42-36-20-18-16-14-12-10-8-6-4-2/h64,68,73-74,78-79H,3-63,65-67,69-72H2,1-2H3,(H,77,80)/b68-64+. The fourth-order valence-electron chi connectivity index (χ4n) is 12.3. The zero-order valence-corrected chi connectivity index (χ0v) is 56.0. The number of carbonyl (C=O) groups is 2. The van der Waals surface area contributed by atoms with Gasteiger partial charge in [-0.05, 0) is 32.1 Å². The summed E-state index contributed by atoms with van der Waals surface area (Å²) >= 11 is 0. The van der Waals surface area contributed by atoms with Crippen LogP contribution in [0.2, 0.25) is 0 Å². The molecule has 82 heavy (non-hydrogen) atoms. The van der Waals surface area contributed by atoms with E-state index in [-0.39, 0.29) is 18.5 Å². The van der Waals surface area contributed by atoms with E-state index in [0.29, 0.717) is 19.4 Å². The molecule has 6 heteroatoms. The first-order valence-electron chi connectivity index (χ1n) is 38.0. The van der Waals surface area contributed by atoms with Crippen molar-refractivity contribution in [3.8, 4) is 0 Å². The molecular weight excluding hydrogens is 1010 g/mol. The number of nitrogens with one attached hydrogen (secondary N) is 1. The van der Waals surface area contributed by atoms with Crippen molar-refractivity contribution in [2.24, 2.45) is 0 Å². The molecule has 0 radical (unpaired) electrons. The van der Waals surface area contributed by atoms with Gasteiger partial charge in [0.05, 0.1) is 25.4 Å². The molecule has 0 aliphatic rings. The molecule has 6 nitrogen and oxygen atoms in total. The van der Waals surface area contributed by atoms with Crippen LogP contribution in [0.15, 0.2) is 12.2 Å². The number of hydrogen-bond donors (Lipinski definition) is 3. The highest BCUT2D eigenvalue weighted by Gasteiger charge is 2.18. The largest absolute Gasteiger partial charge is 0.466 e. The van der Waals surface area contributed by atoms with Gasteiger partial charge >= 0.3 is 5.97 Å². The number of allylic oxidation sites excluding steroid dienone is 1. The number of carbonyl (C=O) groups excluding carboxylic acids is 2. The van der Waals surface area contributed by atoms with Crippen LogP contribution in [0, 0.1) is 0 Å². The van der Waals surface area contributed by atoms with Gasteiger partial charge < -0.3 is 20.3 Å². The van der Waals surface area contributed by atoms with Crippen LogP contribution in [0.5, 0.6) is 0 Å². The van der Waals surface area contributed by atoms with Crippen molar-refractivity contribution >= 4 is 11.9 Å². The molecule has 0 aromatic carbocycles. The zero-order chi connectivity index (χ0) is 59.2. The summed E-state index contributed by atoms with van der Waals surface area (Å²) in [5, 5.41) is 23.3. The highest BCUT2D eigenvalue weighted by Crippen LogP contribution is 2.20. The van der Waals surface area contributed by atoms with Crippen molar-refractivity contribution in [1.29, 1.82) is 0 Å². The van der Waals surface area contributed by atoms with Crippen LogP contribution in [0.3, 0.4) is 0 Å². The molecule has 0 heterocycles. The van der Waals surface area contributed by atoms with Crippen LogP contribution in [-0.4, -0.2) is 47.4 Å². The van der Waals surface area contributed by atoms with Gasteiger partial charge in [-0.15, -0.1) is 0 Å². The molecule has 0 saturated heterocycles. The normalized spacial score (nSPS) is 12.5. The van der Waals surface area contributed by atoms with Gasteiger partial charge in [0.2, 0.25) is 5.91 Å². The molecule has 0 aliphatic heterocycles. The quantitative estimate of drug-likeness (QED) is 0.0320. The second kappa shape index (κ2) is 72.1. The van der Waals surface area contributed by atoms with Crippen molar-refractivity contribution in [2.75, 3.05) is 13.2 Å². The van der Waals surface area contributed by atoms with Gasteiger partial charge in [-0.3, -0.25) is 9.59 Å². The number of rotatable bonds is 72. The molecule has 0 fully saturated rings. The maximum absolute atomic E-state index is 12.5. The predicted molar refractivity (Wildman–Crippen MR) is 361 cm³/mol. The molecular formula is C76H149NO5. The summed E-state index contributed by atoms with van der Waals surface area (Å²) in [5.74, 6) is -0.0395. The fourth-order valence-corrected chi connectivity index (χ4v) is 12.3. The fraction of sp³-hybridized carbons (Fsp3) is 0.947. The van der Waals surface area contributed by atoms with Gasteiger partial charge in [0.1, 0.15) is 0 Å². The Labute approximate surface area is 514 Å². The molecule has 0 aliphatic carbocycles. The summed E-state index contributed by atoms with van der Waals surface area (Å²) in [6.45, 7) is 4.96. The summed E-state index contributed by atoms with van der Waals surface area (Å²) in [7, 11) is 0. The van der Waals surface area contributed by atoms with Gasteiger partial charge in [0, 0.05) is 12.8 Å². The van der Waals surface area contributed by atoms with Crippen LogP contribution < -0.4 is 5.32 Å². The summed E-state index contributed by atoms with van der Waals surface area (Å²) < 4.78 is 5.51. The lowest BCUT2D eigenvalue weighted by Crippen LogP contribution is -2.45. The van der Waals surface area contributed by atoms with E-state index < -0.39 is 12.1 Å². The Morgan fingerprint density at radius 1 is 0.329 bits per heavy atom. The average Bonchev–Trinajstić information content (AvgIpc) is 3.48. The first kappa shape index (κ1) is 80.6. The number of unbranched alkanes of at least 4 members (excludes halogenated alkanes) is 61. The number of esters is 1. The molecule has 0 aromatic heterocycles. The molecule has 3 N–H and O–H groups in total. The lowest BCUT2D eigenvalue weighted by atomic mass is 10.0. The first-order chi connectivity index (χ1) is 40.5. The van der Waals surface area contributed by atoms with Gasteiger partial charge in [0.15, 0.2) is 0 Å². The third-order valence-corrected chi connectivity index (χ3v) is 18.1. The summed E-state index contributed by atoms with van der Waals surface area (Å²) in [6, 6.07) is -0.627. The minimum atomic E-state index is -0.844. The predicted octanol–water partition coefficient (Wildman–Crippen LogP) is 24.7. The molecule has 0 spiro atoms. The Morgan fingerprint density at radius 3 is 0.829 bits per heavy atom. The van der Waals surface area contributed by atoms with E-state index in [1.165, 1.54) is 372 Å². The van der Waals surface area contributed by atoms with Gasteiger partial charge in [-0.2, -0.15) is 0 Å². The molecule has 0 aromatic rings.